The van der Waals surface area contributed by atoms with E-state index in [4.69, 9.17) is 14.2 Å². The number of unbranched alkanes of at least 4 members (excludes halogenated alkanes) is 13. The summed E-state index contributed by atoms with van der Waals surface area (Å²) in [6, 6.07) is -0.737. The van der Waals surface area contributed by atoms with Crippen molar-refractivity contribution in [1.82, 2.24) is 0 Å². The molecule has 0 bridgehead atoms. The van der Waals surface area contributed by atoms with Crippen LogP contribution in [0.5, 0.6) is 0 Å². The SMILES string of the molecule is CCCCC/C=C/C/C=C/C/C=C/C/C=C/CCCC(=O)OCC(COCCC(C(=O)[O-])[N+](C)(C)C)OC(=O)CCCCC/C=C/CCCCCCCC. The molecular formula is C46H79NO7. The molecule has 0 aromatic carbocycles. The van der Waals surface area contributed by atoms with E-state index in [0.717, 1.165) is 57.8 Å². The number of quaternary nitrogens is 1. The van der Waals surface area contributed by atoms with E-state index >= 15 is 0 Å². The van der Waals surface area contributed by atoms with Gasteiger partial charge in [0.15, 0.2) is 6.10 Å². The maximum atomic E-state index is 12.7. The molecule has 0 rings (SSSR count). The number of likely N-dealkylation sites (N-methyl/N-ethyl adjacent to an activating group) is 1. The fourth-order valence-electron chi connectivity index (χ4n) is 5.76. The number of carbonyl (C=O) groups excluding carboxylic acids is 3. The minimum Gasteiger partial charge on any atom is -0.544 e. The van der Waals surface area contributed by atoms with E-state index in [0.29, 0.717) is 6.42 Å². The quantitative estimate of drug-likeness (QED) is 0.0269. The first-order valence-electron chi connectivity index (χ1n) is 21.3. The third-order valence-corrected chi connectivity index (χ3v) is 9.13. The van der Waals surface area contributed by atoms with Gasteiger partial charge in [-0.15, -0.1) is 0 Å². The van der Waals surface area contributed by atoms with Crippen LogP contribution < -0.4 is 5.11 Å². The number of allylic oxidation sites excluding steroid dienone is 10. The van der Waals surface area contributed by atoms with Crippen molar-refractivity contribution in [3.63, 3.8) is 0 Å². The Balaban J connectivity index is 4.49. The smallest absolute Gasteiger partial charge is 0.306 e. The van der Waals surface area contributed by atoms with Crippen molar-refractivity contribution in [2.45, 2.75) is 174 Å². The number of aliphatic carboxylic acids is 1. The van der Waals surface area contributed by atoms with Gasteiger partial charge in [-0.3, -0.25) is 9.59 Å². The number of hydrogen-bond donors (Lipinski definition) is 0. The fourth-order valence-corrected chi connectivity index (χ4v) is 5.76. The van der Waals surface area contributed by atoms with Crippen LogP contribution in [0.25, 0.3) is 0 Å². The van der Waals surface area contributed by atoms with E-state index in [1.54, 1.807) is 21.1 Å². The van der Waals surface area contributed by atoms with Gasteiger partial charge in [0.05, 0.1) is 40.3 Å². The lowest BCUT2D eigenvalue weighted by Gasteiger charge is -2.34. The van der Waals surface area contributed by atoms with Crippen LogP contribution in [0.15, 0.2) is 60.8 Å². The van der Waals surface area contributed by atoms with Gasteiger partial charge in [0, 0.05) is 19.3 Å². The lowest BCUT2D eigenvalue weighted by atomic mass is 10.1. The normalized spacial score (nSPS) is 13.6. The number of nitrogens with zero attached hydrogens (tertiary/aromatic N) is 1. The van der Waals surface area contributed by atoms with Crippen molar-refractivity contribution in [1.29, 1.82) is 0 Å². The van der Waals surface area contributed by atoms with E-state index in [1.807, 2.05) is 0 Å². The zero-order valence-corrected chi connectivity index (χ0v) is 35.1. The maximum Gasteiger partial charge on any atom is 0.306 e. The Morgan fingerprint density at radius 1 is 0.556 bits per heavy atom. The Hall–Kier alpha value is -2.97. The number of carboxylic acids is 1. The van der Waals surface area contributed by atoms with Crippen LogP contribution in [-0.2, 0) is 28.6 Å². The highest BCUT2D eigenvalue weighted by Gasteiger charge is 2.25. The second-order valence-corrected chi connectivity index (χ2v) is 15.2. The van der Waals surface area contributed by atoms with Gasteiger partial charge in [0.2, 0.25) is 0 Å². The lowest BCUT2D eigenvalue weighted by molar-refractivity contribution is -0.889. The van der Waals surface area contributed by atoms with Gasteiger partial charge in [-0.2, -0.15) is 0 Å². The van der Waals surface area contributed by atoms with Gasteiger partial charge in [-0.1, -0.05) is 126 Å². The summed E-state index contributed by atoms with van der Waals surface area (Å²) in [6.07, 6.45) is 43.9. The molecule has 0 N–H and O–H groups in total. The summed E-state index contributed by atoms with van der Waals surface area (Å²) >= 11 is 0. The molecule has 0 radical (unpaired) electrons. The highest BCUT2D eigenvalue weighted by Crippen LogP contribution is 2.12. The van der Waals surface area contributed by atoms with E-state index in [1.165, 1.54) is 64.2 Å². The van der Waals surface area contributed by atoms with Gasteiger partial charge in [-0.25, -0.2) is 0 Å². The van der Waals surface area contributed by atoms with E-state index in [9.17, 15) is 19.5 Å². The highest BCUT2D eigenvalue weighted by atomic mass is 16.6. The first-order chi connectivity index (χ1) is 26.1. The predicted octanol–water partition coefficient (Wildman–Crippen LogP) is 10.1. The average molecular weight is 758 g/mol. The number of hydrogen-bond acceptors (Lipinski definition) is 7. The number of carbonyl (C=O) groups is 3. The summed E-state index contributed by atoms with van der Waals surface area (Å²) in [5, 5.41) is 11.6. The number of carboxylic acid groups (broad SMARTS) is 1. The molecule has 2 atom stereocenters. The number of esters is 2. The topological polar surface area (TPSA) is 102 Å². The molecule has 0 heterocycles. The summed E-state index contributed by atoms with van der Waals surface area (Å²) < 4.78 is 17.1. The molecule has 0 aliphatic carbocycles. The van der Waals surface area contributed by atoms with Gasteiger partial charge < -0.3 is 28.6 Å². The molecule has 0 spiro atoms. The van der Waals surface area contributed by atoms with Crippen LogP contribution in [0.2, 0.25) is 0 Å². The van der Waals surface area contributed by atoms with Crippen molar-refractivity contribution in [2.75, 3.05) is 41.0 Å². The summed E-state index contributed by atoms with van der Waals surface area (Å²) in [5.74, 6) is -1.83. The highest BCUT2D eigenvalue weighted by molar-refractivity contribution is 5.70. The summed E-state index contributed by atoms with van der Waals surface area (Å²) in [4.78, 5) is 36.7. The zero-order valence-electron chi connectivity index (χ0n) is 35.1. The van der Waals surface area contributed by atoms with Crippen molar-refractivity contribution < 1.29 is 38.2 Å². The van der Waals surface area contributed by atoms with Gasteiger partial charge in [0.1, 0.15) is 12.6 Å². The van der Waals surface area contributed by atoms with Gasteiger partial charge in [-0.05, 0) is 77.0 Å². The minimum atomic E-state index is -1.14. The molecule has 0 saturated heterocycles. The van der Waals surface area contributed by atoms with Crippen LogP contribution in [0.4, 0.5) is 0 Å². The molecule has 0 saturated carbocycles. The third-order valence-electron chi connectivity index (χ3n) is 9.13. The monoisotopic (exact) mass is 758 g/mol. The van der Waals surface area contributed by atoms with Crippen LogP contribution in [-0.4, -0.2) is 75.5 Å². The summed E-state index contributed by atoms with van der Waals surface area (Å²) in [7, 11) is 5.38. The Morgan fingerprint density at radius 3 is 1.56 bits per heavy atom. The molecule has 0 amide bonds. The molecule has 0 fully saturated rings. The van der Waals surface area contributed by atoms with Crippen LogP contribution in [0.1, 0.15) is 162 Å². The second kappa shape index (κ2) is 37.0. The van der Waals surface area contributed by atoms with Crippen molar-refractivity contribution in [2.24, 2.45) is 0 Å². The van der Waals surface area contributed by atoms with Crippen molar-refractivity contribution >= 4 is 17.9 Å². The van der Waals surface area contributed by atoms with Gasteiger partial charge >= 0.3 is 11.9 Å². The lowest BCUT2D eigenvalue weighted by Crippen LogP contribution is -2.55. The number of ether oxygens (including phenoxy) is 3. The largest absolute Gasteiger partial charge is 0.544 e. The molecule has 310 valence electrons. The van der Waals surface area contributed by atoms with E-state index < -0.39 is 18.1 Å². The fraction of sp³-hybridized carbons (Fsp3) is 0.717. The molecule has 54 heavy (non-hydrogen) atoms. The third kappa shape index (κ3) is 34.8. The molecule has 0 aliphatic rings. The van der Waals surface area contributed by atoms with Crippen molar-refractivity contribution in [3.8, 4) is 0 Å². The van der Waals surface area contributed by atoms with Crippen molar-refractivity contribution in [3.05, 3.63) is 60.8 Å². The first kappa shape index (κ1) is 51.0. The van der Waals surface area contributed by atoms with E-state index in [2.05, 4.69) is 74.6 Å². The average Bonchev–Trinajstić information content (AvgIpc) is 3.12. The van der Waals surface area contributed by atoms with Crippen LogP contribution in [0.3, 0.4) is 0 Å². The Kier molecular flexibility index (Phi) is 34.9. The molecule has 8 heteroatoms. The number of rotatable bonds is 37. The molecule has 0 aliphatic heterocycles. The summed E-state index contributed by atoms with van der Waals surface area (Å²) in [6.45, 7) is 4.53. The van der Waals surface area contributed by atoms with Crippen LogP contribution >= 0.6 is 0 Å². The maximum absolute atomic E-state index is 12.7. The van der Waals surface area contributed by atoms with Crippen LogP contribution in [0, 0.1) is 0 Å². The Bertz CT molecular complexity index is 1070. The first-order valence-corrected chi connectivity index (χ1v) is 21.3. The Labute approximate surface area is 330 Å². The zero-order chi connectivity index (χ0) is 40.0. The molecule has 8 nitrogen and oxygen atoms in total. The molecule has 0 aromatic heterocycles. The Morgan fingerprint density at radius 2 is 1.00 bits per heavy atom. The molecular weight excluding hydrogens is 679 g/mol. The van der Waals surface area contributed by atoms with E-state index in [-0.39, 0.29) is 55.5 Å². The molecule has 0 aromatic rings. The minimum absolute atomic E-state index is 0.0154. The van der Waals surface area contributed by atoms with Gasteiger partial charge in [0.25, 0.3) is 0 Å². The predicted molar refractivity (Wildman–Crippen MR) is 222 cm³/mol. The summed E-state index contributed by atoms with van der Waals surface area (Å²) in [5.41, 5.74) is 0. The second-order valence-electron chi connectivity index (χ2n) is 15.2. The standard InChI is InChI=1S/C46H79NO7/c1-6-8-10-12-14-16-18-20-21-22-23-25-26-28-30-32-34-36-44(48)53-41-42(40-52-39-38-43(46(50)51)47(3,4)5)54-45(49)37-35-33-31-29-27-24-19-17-15-13-11-9-7-2/h14,16,20-21,23-25,27-28,30,42-43H,6-13,15,17-19,22,26,29,31-41H2,1-5H3/b16-14+,21-20+,25-23+,27-24+,30-28+. The molecule has 2 unspecified atom stereocenters.